The number of carbonyl (C=O) groups excluding carboxylic acids is 2. The van der Waals surface area contributed by atoms with E-state index in [0.717, 1.165) is 0 Å². The van der Waals surface area contributed by atoms with Gasteiger partial charge in [-0.25, -0.2) is 4.79 Å². The lowest BCUT2D eigenvalue weighted by molar-refractivity contribution is -0.157. The Bertz CT molecular complexity index is 328. The highest BCUT2D eigenvalue weighted by atomic mass is 19.4. The van der Waals surface area contributed by atoms with E-state index in [0.29, 0.717) is 6.42 Å². The summed E-state index contributed by atoms with van der Waals surface area (Å²) in [6.45, 7) is 0.186. The molecule has 84 valence electrons. The number of rotatable bonds is 2. The number of alkyl halides is 3. The van der Waals surface area contributed by atoms with Crippen molar-refractivity contribution in [3.8, 4) is 0 Å². The van der Waals surface area contributed by atoms with Crippen molar-refractivity contribution in [1.29, 1.82) is 0 Å². The number of amides is 1. The Morgan fingerprint density at radius 1 is 1.60 bits per heavy atom. The van der Waals surface area contributed by atoms with Crippen LogP contribution in [0.4, 0.5) is 13.2 Å². The molecule has 2 fully saturated rings. The van der Waals surface area contributed by atoms with Crippen LogP contribution in [0.3, 0.4) is 0 Å². The van der Waals surface area contributed by atoms with E-state index in [4.69, 9.17) is 0 Å². The lowest BCUT2D eigenvalue weighted by Gasteiger charge is -2.12. The minimum absolute atomic E-state index is 0.151. The second kappa shape index (κ2) is 2.86. The molecule has 0 radical (unpaired) electrons. The van der Waals surface area contributed by atoms with Crippen LogP contribution in [0.1, 0.15) is 12.8 Å². The van der Waals surface area contributed by atoms with E-state index in [1.165, 1.54) is 0 Å². The standard InChI is InChI=1S/C8H8F3NO3/c9-8(10,11)2-5(13)12-7-1-4(7)3-15-6(7)14/h4H,1-3H2,(H,12,13). The summed E-state index contributed by atoms with van der Waals surface area (Å²) in [7, 11) is 0. The van der Waals surface area contributed by atoms with Gasteiger partial charge >= 0.3 is 12.1 Å². The number of carbonyl (C=O) groups is 2. The zero-order valence-electron chi connectivity index (χ0n) is 7.56. The molecule has 1 saturated heterocycles. The van der Waals surface area contributed by atoms with Crippen molar-refractivity contribution >= 4 is 11.9 Å². The van der Waals surface area contributed by atoms with E-state index < -0.39 is 30.0 Å². The molecule has 2 rings (SSSR count). The molecule has 1 aliphatic heterocycles. The Hall–Kier alpha value is -1.27. The molecule has 0 bridgehead atoms. The van der Waals surface area contributed by atoms with Crippen LogP contribution in [0.25, 0.3) is 0 Å². The van der Waals surface area contributed by atoms with Gasteiger partial charge in [0, 0.05) is 5.92 Å². The van der Waals surface area contributed by atoms with Gasteiger partial charge in [-0.3, -0.25) is 4.79 Å². The summed E-state index contributed by atoms with van der Waals surface area (Å²) in [6, 6.07) is 0. The van der Waals surface area contributed by atoms with E-state index in [1.54, 1.807) is 0 Å². The van der Waals surface area contributed by atoms with Crippen LogP contribution in [0.15, 0.2) is 0 Å². The topological polar surface area (TPSA) is 55.4 Å². The Labute approximate surface area is 82.8 Å². The Morgan fingerprint density at radius 2 is 2.27 bits per heavy atom. The van der Waals surface area contributed by atoms with Crippen LogP contribution in [0.5, 0.6) is 0 Å². The van der Waals surface area contributed by atoms with Crippen LogP contribution in [0.2, 0.25) is 0 Å². The van der Waals surface area contributed by atoms with Gasteiger partial charge in [0.1, 0.15) is 12.0 Å². The monoisotopic (exact) mass is 223 g/mol. The molecule has 4 nitrogen and oxygen atoms in total. The summed E-state index contributed by atoms with van der Waals surface area (Å²) in [5, 5.41) is 2.10. The Morgan fingerprint density at radius 3 is 2.67 bits per heavy atom. The van der Waals surface area contributed by atoms with Gasteiger partial charge in [-0.05, 0) is 6.42 Å². The zero-order valence-corrected chi connectivity index (χ0v) is 7.56. The lowest BCUT2D eigenvalue weighted by atomic mass is 10.2. The molecule has 2 aliphatic rings. The number of hydrogen-bond donors (Lipinski definition) is 1. The average molecular weight is 223 g/mol. The maximum Gasteiger partial charge on any atom is 0.397 e. The maximum absolute atomic E-state index is 11.8. The van der Waals surface area contributed by atoms with Gasteiger partial charge in [-0.2, -0.15) is 13.2 Å². The number of hydrogen-bond acceptors (Lipinski definition) is 3. The first kappa shape index (κ1) is 10.3. The fraction of sp³-hybridized carbons (Fsp3) is 0.750. The second-order valence-corrected chi connectivity index (χ2v) is 3.81. The second-order valence-electron chi connectivity index (χ2n) is 3.81. The third-order valence-electron chi connectivity index (χ3n) is 2.61. The van der Waals surface area contributed by atoms with Crippen molar-refractivity contribution in [3.05, 3.63) is 0 Å². The number of nitrogens with one attached hydrogen (secondary N) is 1. The molecular weight excluding hydrogens is 215 g/mol. The smallest absolute Gasteiger partial charge is 0.397 e. The van der Waals surface area contributed by atoms with Gasteiger partial charge in [0.2, 0.25) is 5.91 Å². The van der Waals surface area contributed by atoms with E-state index in [2.05, 4.69) is 10.1 Å². The third kappa shape index (κ3) is 1.78. The molecule has 1 saturated carbocycles. The Balaban J connectivity index is 1.93. The molecule has 1 N–H and O–H groups in total. The first-order chi connectivity index (χ1) is 6.83. The summed E-state index contributed by atoms with van der Waals surface area (Å²) >= 11 is 0. The number of fused-ring (bicyclic) bond motifs is 1. The van der Waals surface area contributed by atoms with Crippen LogP contribution >= 0.6 is 0 Å². The molecule has 1 amide bonds. The average Bonchev–Trinajstić information content (AvgIpc) is 2.64. The van der Waals surface area contributed by atoms with Crippen LogP contribution in [-0.4, -0.2) is 30.2 Å². The quantitative estimate of drug-likeness (QED) is 0.688. The minimum Gasteiger partial charge on any atom is -0.464 e. The molecule has 2 unspecified atom stereocenters. The summed E-state index contributed by atoms with van der Waals surface area (Å²) < 4.78 is 40.1. The molecule has 0 spiro atoms. The lowest BCUT2D eigenvalue weighted by Crippen LogP contribution is -2.44. The molecule has 1 heterocycles. The van der Waals surface area contributed by atoms with Gasteiger partial charge in [0.25, 0.3) is 0 Å². The van der Waals surface area contributed by atoms with E-state index in [-0.39, 0.29) is 12.5 Å². The Kier molecular flexibility index (Phi) is 1.96. The SMILES string of the molecule is O=C(CC(F)(F)F)NC12CC1COC2=O. The minimum atomic E-state index is -4.55. The number of cyclic esters (lactones) is 1. The molecule has 2 atom stereocenters. The number of ether oxygens (including phenoxy) is 1. The molecular formula is C8H8F3NO3. The fourth-order valence-corrected chi connectivity index (χ4v) is 1.77. The molecule has 0 aromatic carbocycles. The molecule has 1 aliphatic carbocycles. The highest BCUT2D eigenvalue weighted by Gasteiger charge is 2.67. The van der Waals surface area contributed by atoms with Crippen LogP contribution in [0, 0.1) is 5.92 Å². The molecule has 0 aromatic rings. The largest absolute Gasteiger partial charge is 0.464 e. The highest BCUT2D eigenvalue weighted by molar-refractivity contribution is 5.93. The number of halogens is 3. The van der Waals surface area contributed by atoms with Crippen molar-refractivity contribution in [1.82, 2.24) is 5.32 Å². The summed E-state index contributed by atoms with van der Waals surface area (Å²) in [6.07, 6.45) is -5.72. The predicted molar refractivity (Wildman–Crippen MR) is 40.6 cm³/mol. The van der Waals surface area contributed by atoms with Gasteiger partial charge < -0.3 is 10.1 Å². The predicted octanol–water partition coefficient (Wildman–Crippen LogP) is 0.371. The van der Waals surface area contributed by atoms with Crippen molar-refractivity contribution in [2.45, 2.75) is 24.6 Å². The number of esters is 1. The first-order valence-corrected chi connectivity index (χ1v) is 4.38. The van der Waals surface area contributed by atoms with Crippen LogP contribution < -0.4 is 5.32 Å². The van der Waals surface area contributed by atoms with Gasteiger partial charge in [-0.15, -0.1) is 0 Å². The van der Waals surface area contributed by atoms with E-state index >= 15 is 0 Å². The fourth-order valence-electron chi connectivity index (χ4n) is 1.77. The van der Waals surface area contributed by atoms with Crippen molar-refractivity contribution < 1.29 is 27.5 Å². The van der Waals surface area contributed by atoms with Crippen molar-refractivity contribution in [2.24, 2.45) is 5.92 Å². The van der Waals surface area contributed by atoms with E-state index in [1.807, 2.05) is 0 Å². The van der Waals surface area contributed by atoms with Gasteiger partial charge in [0.15, 0.2) is 0 Å². The summed E-state index contributed by atoms with van der Waals surface area (Å²) in [4.78, 5) is 22.1. The third-order valence-corrected chi connectivity index (χ3v) is 2.61. The highest BCUT2D eigenvalue weighted by Crippen LogP contribution is 2.49. The molecule has 0 aromatic heterocycles. The zero-order chi connectivity index (χ0) is 11.3. The van der Waals surface area contributed by atoms with Gasteiger partial charge in [0.05, 0.1) is 6.61 Å². The van der Waals surface area contributed by atoms with Crippen molar-refractivity contribution in [3.63, 3.8) is 0 Å². The molecule has 15 heavy (non-hydrogen) atoms. The van der Waals surface area contributed by atoms with Gasteiger partial charge in [-0.1, -0.05) is 0 Å². The normalized spacial score (nSPS) is 33.3. The summed E-state index contributed by atoms with van der Waals surface area (Å²) in [5.74, 6) is -1.95. The van der Waals surface area contributed by atoms with Crippen LogP contribution in [-0.2, 0) is 14.3 Å². The first-order valence-electron chi connectivity index (χ1n) is 4.38. The van der Waals surface area contributed by atoms with Crippen molar-refractivity contribution in [2.75, 3.05) is 6.61 Å². The summed E-state index contributed by atoms with van der Waals surface area (Å²) in [5.41, 5.74) is -1.15. The maximum atomic E-state index is 11.8. The van der Waals surface area contributed by atoms with E-state index in [9.17, 15) is 22.8 Å². The molecule has 7 heteroatoms.